The second kappa shape index (κ2) is 5.44. The molecule has 0 aliphatic heterocycles. The first-order chi connectivity index (χ1) is 10.4. The normalized spacial score (nSPS) is 11.5. The fourth-order valence-electron chi connectivity index (χ4n) is 2.41. The Morgan fingerprint density at radius 3 is 2.27 bits per heavy atom. The summed E-state index contributed by atoms with van der Waals surface area (Å²) in [6.07, 6.45) is 0. The third-order valence-electron chi connectivity index (χ3n) is 3.47. The van der Waals surface area contributed by atoms with E-state index in [2.05, 4.69) is 5.32 Å². The van der Waals surface area contributed by atoms with Crippen LogP contribution in [0, 0.1) is 6.92 Å². The minimum atomic E-state index is -4.35. The maximum absolute atomic E-state index is 11.8. The monoisotopic (exact) mass is 313 g/mol. The van der Waals surface area contributed by atoms with Crippen LogP contribution in [0.4, 0.5) is 11.4 Å². The van der Waals surface area contributed by atoms with Crippen molar-refractivity contribution in [2.45, 2.75) is 11.8 Å². The minimum absolute atomic E-state index is 0.105. The first-order valence-electron chi connectivity index (χ1n) is 6.78. The molecule has 0 bridgehead atoms. The largest absolute Gasteiger partial charge is 0.354 e. The number of aryl methyl sites for hydroxylation is 1. The lowest BCUT2D eigenvalue weighted by molar-refractivity contribution is 0.484. The number of nitrogens with one attached hydrogen (secondary N) is 1. The molecule has 0 unspecified atom stereocenters. The van der Waals surface area contributed by atoms with Crippen molar-refractivity contribution in [3.05, 3.63) is 66.2 Å². The highest BCUT2D eigenvalue weighted by molar-refractivity contribution is 7.86. The molecule has 0 radical (unpaired) electrons. The Bertz CT molecular complexity index is 932. The van der Waals surface area contributed by atoms with Crippen molar-refractivity contribution >= 4 is 32.3 Å². The summed E-state index contributed by atoms with van der Waals surface area (Å²) in [6.45, 7) is 1.98. The summed E-state index contributed by atoms with van der Waals surface area (Å²) < 4.78 is 33.3. The molecule has 3 aromatic rings. The van der Waals surface area contributed by atoms with Crippen LogP contribution < -0.4 is 5.32 Å². The molecule has 0 saturated heterocycles. The second-order valence-electron chi connectivity index (χ2n) is 5.13. The van der Waals surface area contributed by atoms with Crippen molar-refractivity contribution in [1.29, 1.82) is 0 Å². The maximum Gasteiger partial charge on any atom is 0.297 e. The van der Waals surface area contributed by atoms with Gasteiger partial charge in [0.2, 0.25) is 0 Å². The van der Waals surface area contributed by atoms with Crippen molar-refractivity contribution in [3.63, 3.8) is 0 Å². The minimum Gasteiger partial charge on any atom is -0.354 e. The third kappa shape index (κ3) is 2.81. The van der Waals surface area contributed by atoms with Crippen LogP contribution >= 0.6 is 0 Å². The first kappa shape index (κ1) is 14.6. The van der Waals surface area contributed by atoms with E-state index in [4.69, 9.17) is 0 Å². The summed E-state index contributed by atoms with van der Waals surface area (Å²) in [5.41, 5.74) is 2.22. The first-order valence-corrected chi connectivity index (χ1v) is 8.22. The van der Waals surface area contributed by atoms with Crippen molar-refractivity contribution in [3.8, 4) is 0 Å². The number of anilines is 2. The van der Waals surface area contributed by atoms with Crippen LogP contribution in [-0.4, -0.2) is 13.0 Å². The van der Waals surface area contributed by atoms with Gasteiger partial charge in [0.05, 0.1) is 5.69 Å². The van der Waals surface area contributed by atoms with Crippen LogP contribution in [0.1, 0.15) is 5.56 Å². The van der Waals surface area contributed by atoms with Crippen molar-refractivity contribution in [2.75, 3.05) is 5.32 Å². The number of rotatable bonds is 3. The van der Waals surface area contributed by atoms with Crippen LogP contribution in [0.3, 0.4) is 0 Å². The van der Waals surface area contributed by atoms with E-state index in [9.17, 15) is 13.0 Å². The van der Waals surface area contributed by atoms with Crippen LogP contribution in [0.2, 0.25) is 0 Å². The quantitative estimate of drug-likeness (QED) is 0.713. The Kier molecular flexibility index (Phi) is 3.60. The molecule has 112 valence electrons. The summed E-state index contributed by atoms with van der Waals surface area (Å²) >= 11 is 0. The zero-order valence-electron chi connectivity index (χ0n) is 11.9. The van der Waals surface area contributed by atoms with E-state index in [1.54, 1.807) is 24.3 Å². The smallest absolute Gasteiger partial charge is 0.297 e. The summed E-state index contributed by atoms with van der Waals surface area (Å²) in [7, 11) is -4.35. The standard InChI is InChI=1S/C17H15NO3S/c1-12-6-9-14(10-7-12)18-16-11-8-13-4-2-3-5-15(13)17(16)22(19,20)21/h2-11,18H,1H3,(H,19,20,21). The summed E-state index contributed by atoms with van der Waals surface area (Å²) in [6, 6.07) is 18.1. The Labute approximate surface area is 129 Å². The molecular weight excluding hydrogens is 298 g/mol. The van der Waals surface area contributed by atoms with Gasteiger partial charge in [0, 0.05) is 11.1 Å². The average molecular weight is 313 g/mol. The molecule has 0 amide bonds. The maximum atomic E-state index is 11.8. The molecule has 0 heterocycles. The number of hydrogen-bond donors (Lipinski definition) is 2. The molecular formula is C17H15NO3S. The molecule has 2 N–H and O–H groups in total. The van der Waals surface area contributed by atoms with Gasteiger partial charge in [0.15, 0.2) is 0 Å². The van der Waals surface area contributed by atoms with Gasteiger partial charge in [0.25, 0.3) is 10.1 Å². The van der Waals surface area contributed by atoms with Gasteiger partial charge < -0.3 is 5.32 Å². The van der Waals surface area contributed by atoms with Crippen LogP contribution in [0.25, 0.3) is 10.8 Å². The fraction of sp³-hybridized carbons (Fsp3) is 0.0588. The predicted molar refractivity (Wildman–Crippen MR) is 88.2 cm³/mol. The molecule has 22 heavy (non-hydrogen) atoms. The molecule has 3 aromatic carbocycles. The Balaban J connectivity index is 2.19. The van der Waals surface area contributed by atoms with Crippen molar-refractivity contribution in [1.82, 2.24) is 0 Å². The molecule has 5 heteroatoms. The molecule has 0 aromatic heterocycles. The highest BCUT2D eigenvalue weighted by Crippen LogP contribution is 2.32. The van der Waals surface area contributed by atoms with Crippen LogP contribution in [0.5, 0.6) is 0 Å². The summed E-state index contributed by atoms with van der Waals surface area (Å²) in [4.78, 5) is -0.105. The summed E-state index contributed by atoms with van der Waals surface area (Å²) in [5, 5.41) is 4.30. The van der Waals surface area contributed by atoms with E-state index in [-0.39, 0.29) is 4.90 Å². The molecule has 4 nitrogen and oxygen atoms in total. The topological polar surface area (TPSA) is 66.4 Å². The molecule has 0 atom stereocenters. The van der Waals surface area contributed by atoms with Gasteiger partial charge in [-0.2, -0.15) is 8.42 Å². The molecule has 0 fully saturated rings. The van der Waals surface area contributed by atoms with E-state index < -0.39 is 10.1 Å². The summed E-state index contributed by atoms with van der Waals surface area (Å²) in [5.74, 6) is 0. The van der Waals surface area contributed by atoms with E-state index in [1.807, 2.05) is 43.3 Å². The van der Waals surface area contributed by atoms with E-state index in [0.717, 1.165) is 16.6 Å². The molecule has 3 rings (SSSR count). The van der Waals surface area contributed by atoms with Gasteiger partial charge in [-0.3, -0.25) is 4.55 Å². The molecule has 0 spiro atoms. The van der Waals surface area contributed by atoms with Gasteiger partial charge in [0.1, 0.15) is 4.90 Å². The van der Waals surface area contributed by atoms with Crippen molar-refractivity contribution in [2.24, 2.45) is 0 Å². The van der Waals surface area contributed by atoms with Gasteiger partial charge in [-0.25, -0.2) is 0 Å². The van der Waals surface area contributed by atoms with Crippen LogP contribution in [0.15, 0.2) is 65.6 Å². The zero-order chi connectivity index (χ0) is 15.7. The van der Waals surface area contributed by atoms with Gasteiger partial charge in [-0.15, -0.1) is 0 Å². The molecule has 0 aliphatic rings. The second-order valence-corrected chi connectivity index (χ2v) is 6.49. The zero-order valence-corrected chi connectivity index (χ0v) is 12.8. The van der Waals surface area contributed by atoms with Crippen molar-refractivity contribution < 1.29 is 13.0 Å². The SMILES string of the molecule is Cc1ccc(Nc2ccc3ccccc3c2S(=O)(=O)O)cc1. The van der Waals surface area contributed by atoms with E-state index >= 15 is 0 Å². The average Bonchev–Trinajstić information content (AvgIpc) is 2.48. The van der Waals surface area contributed by atoms with Gasteiger partial charge >= 0.3 is 0 Å². The van der Waals surface area contributed by atoms with E-state index in [1.165, 1.54) is 0 Å². The van der Waals surface area contributed by atoms with Gasteiger partial charge in [-0.05, 0) is 30.5 Å². The predicted octanol–water partition coefficient (Wildman–Crippen LogP) is 4.14. The highest BCUT2D eigenvalue weighted by Gasteiger charge is 2.19. The Morgan fingerprint density at radius 1 is 0.909 bits per heavy atom. The Morgan fingerprint density at radius 2 is 1.59 bits per heavy atom. The van der Waals surface area contributed by atoms with E-state index in [0.29, 0.717) is 11.1 Å². The molecule has 0 aliphatic carbocycles. The highest BCUT2D eigenvalue weighted by atomic mass is 32.2. The van der Waals surface area contributed by atoms with Crippen LogP contribution in [-0.2, 0) is 10.1 Å². The Hall–Kier alpha value is -2.37. The lowest BCUT2D eigenvalue weighted by Crippen LogP contribution is -2.04. The number of benzene rings is 3. The fourth-order valence-corrected chi connectivity index (χ4v) is 3.27. The lowest BCUT2D eigenvalue weighted by atomic mass is 10.1. The third-order valence-corrected chi connectivity index (χ3v) is 4.42. The number of hydrogen-bond acceptors (Lipinski definition) is 3. The number of fused-ring (bicyclic) bond motifs is 1. The molecule has 0 saturated carbocycles. The lowest BCUT2D eigenvalue weighted by Gasteiger charge is -2.13. The van der Waals surface area contributed by atoms with Gasteiger partial charge in [-0.1, -0.05) is 48.0 Å².